The Balaban J connectivity index is 2.92. The van der Waals surface area contributed by atoms with Crippen LogP contribution >= 0.6 is 10.7 Å². The minimum absolute atomic E-state index is 0.0908. The van der Waals surface area contributed by atoms with Crippen LogP contribution in [0.2, 0.25) is 0 Å². The van der Waals surface area contributed by atoms with E-state index in [1.54, 1.807) is 0 Å². The van der Waals surface area contributed by atoms with Gasteiger partial charge in [-0.05, 0) is 24.6 Å². The zero-order chi connectivity index (χ0) is 15.9. The van der Waals surface area contributed by atoms with Crippen LogP contribution in [0, 0.1) is 0 Å². The van der Waals surface area contributed by atoms with Crippen molar-refractivity contribution in [3.8, 4) is 0 Å². The van der Waals surface area contributed by atoms with Crippen molar-refractivity contribution in [2.45, 2.75) is 18.4 Å². The first-order valence-electron chi connectivity index (χ1n) is 6.32. The molecule has 0 aliphatic heterocycles. The third kappa shape index (κ3) is 5.62. The number of benzene rings is 1. The Morgan fingerprint density at radius 1 is 1.38 bits per heavy atom. The molecule has 0 spiro atoms. The van der Waals surface area contributed by atoms with Gasteiger partial charge in [0.1, 0.15) is 0 Å². The third-order valence-electron chi connectivity index (χ3n) is 2.63. The molecule has 0 aliphatic rings. The van der Waals surface area contributed by atoms with Crippen molar-refractivity contribution in [1.29, 1.82) is 0 Å². The summed E-state index contributed by atoms with van der Waals surface area (Å²) in [6, 6.07) is 4.28. The summed E-state index contributed by atoms with van der Waals surface area (Å²) < 4.78 is 33.1. The van der Waals surface area contributed by atoms with Crippen LogP contribution in [0.1, 0.15) is 22.8 Å². The lowest BCUT2D eigenvalue weighted by atomic mass is 10.1. The highest BCUT2D eigenvalue weighted by molar-refractivity contribution is 8.13. The van der Waals surface area contributed by atoms with E-state index in [9.17, 15) is 13.2 Å². The SMILES string of the molecule is CCOCCNC(=O)c1ccc(COC)c(S(=O)(=O)Cl)c1. The Bertz CT molecular complexity index is 588. The van der Waals surface area contributed by atoms with Gasteiger partial charge >= 0.3 is 0 Å². The number of nitrogens with one attached hydrogen (secondary N) is 1. The molecule has 0 bridgehead atoms. The second-order valence-electron chi connectivity index (χ2n) is 4.15. The van der Waals surface area contributed by atoms with Crippen LogP contribution in [0.5, 0.6) is 0 Å². The number of carbonyl (C=O) groups excluding carboxylic acids is 1. The molecule has 0 atom stereocenters. The molecule has 0 saturated heterocycles. The monoisotopic (exact) mass is 335 g/mol. The molecule has 1 aromatic rings. The fourth-order valence-corrected chi connectivity index (χ4v) is 2.82. The molecule has 0 unspecified atom stereocenters. The quantitative estimate of drug-likeness (QED) is 0.575. The first-order chi connectivity index (χ1) is 9.90. The van der Waals surface area contributed by atoms with Crippen LogP contribution in [-0.2, 0) is 25.1 Å². The van der Waals surface area contributed by atoms with E-state index in [0.29, 0.717) is 25.3 Å². The van der Waals surface area contributed by atoms with E-state index in [2.05, 4.69) is 5.32 Å². The third-order valence-corrected chi connectivity index (χ3v) is 4.03. The van der Waals surface area contributed by atoms with Gasteiger partial charge in [-0.15, -0.1) is 0 Å². The molecule has 0 aliphatic carbocycles. The van der Waals surface area contributed by atoms with Gasteiger partial charge in [0.05, 0.1) is 18.1 Å². The molecule has 1 amide bonds. The molecule has 0 aromatic heterocycles. The maximum atomic E-state index is 11.9. The predicted octanol–water partition coefficient (Wildman–Crippen LogP) is 1.53. The van der Waals surface area contributed by atoms with Gasteiger partial charge in [-0.25, -0.2) is 8.42 Å². The maximum absolute atomic E-state index is 11.9. The fourth-order valence-electron chi connectivity index (χ4n) is 1.68. The predicted molar refractivity (Wildman–Crippen MR) is 79.0 cm³/mol. The second kappa shape index (κ2) is 8.33. The molecule has 0 radical (unpaired) electrons. The number of carbonyl (C=O) groups is 1. The highest BCUT2D eigenvalue weighted by Crippen LogP contribution is 2.22. The van der Waals surface area contributed by atoms with Gasteiger partial charge < -0.3 is 14.8 Å². The first-order valence-corrected chi connectivity index (χ1v) is 8.63. The van der Waals surface area contributed by atoms with Crippen molar-refractivity contribution in [3.63, 3.8) is 0 Å². The van der Waals surface area contributed by atoms with Crippen LogP contribution < -0.4 is 5.32 Å². The van der Waals surface area contributed by atoms with E-state index in [-0.39, 0.29) is 23.0 Å². The highest BCUT2D eigenvalue weighted by atomic mass is 35.7. The Morgan fingerprint density at radius 2 is 2.10 bits per heavy atom. The van der Waals surface area contributed by atoms with Crippen LogP contribution in [-0.4, -0.2) is 41.2 Å². The van der Waals surface area contributed by atoms with E-state index < -0.39 is 9.05 Å². The first kappa shape index (κ1) is 17.9. The number of halogens is 1. The number of hydrogen-bond acceptors (Lipinski definition) is 5. The standard InChI is InChI=1S/C13H18ClNO5S/c1-3-20-7-6-15-13(16)10-4-5-11(9-19-2)12(8-10)21(14,17)18/h4-5,8H,3,6-7,9H2,1-2H3,(H,15,16). The van der Waals surface area contributed by atoms with E-state index in [1.165, 1.54) is 25.3 Å². The van der Waals surface area contributed by atoms with Crippen LogP contribution in [0.25, 0.3) is 0 Å². The van der Waals surface area contributed by atoms with E-state index in [0.717, 1.165) is 0 Å². The number of ether oxygens (including phenoxy) is 2. The Labute approximate surface area is 128 Å². The van der Waals surface area contributed by atoms with E-state index >= 15 is 0 Å². The lowest BCUT2D eigenvalue weighted by molar-refractivity contribution is 0.0922. The molecule has 21 heavy (non-hydrogen) atoms. The number of amides is 1. The Hall–Kier alpha value is -1.15. The molecule has 0 fully saturated rings. The average molecular weight is 336 g/mol. The highest BCUT2D eigenvalue weighted by Gasteiger charge is 2.18. The van der Waals surface area contributed by atoms with Crippen molar-refractivity contribution in [2.24, 2.45) is 0 Å². The number of rotatable bonds is 8. The molecule has 0 saturated carbocycles. The smallest absolute Gasteiger partial charge is 0.261 e. The molecular weight excluding hydrogens is 318 g/mol. The molecule has 1 aromatic carbocycles. The lowest BCUT2D eigenvalue weighted by Gasteiger charge is -2.09. The molecule has 8 heteroatoms. The topological polar surface area (TPSA) is 81.7 Å². The van der Waals surface area contributed by atoms with Crippen LogP contribution in [0.15, 0.2) is 23.1 Å². The largest absolute Gasteiger partial charge is 0.380 e. The Kier molecular flexibility index (Phi) is 7.10. The molecule has 0 heterocycles. The van der Waals surface area contributed by atoms with Crippen molar-refractivity contribution in [2.75, 3.05) is 26.9 Å². The van der Waals surface area contributed by atoms with Gasteiger partial charge in [0, 0.05) is 36.5 Å². The number of hydrogen-bond donors (Lipinski definition) is 1. The maximum Gasteiger partial charge on any atom is 0.261 e. The summed E-state index contributed by atoms with van der Waals surface area (Å²) in [5.41, 5.74) is 0.615. The van der Waals surface area contributed by atoms with Gasteiger partial charge in [0.15, 0.2) is 0 Å². The van der Waals surface area contributed by atoms with Crippen molar-refractivity contribution < 1.29 is 22.7 Å². The van der Waals surface area contributed by atoms with Crippen molar-refractivity contribution >= 4 is 25.6 Å². The summed E-state index contributed by atoms with van der Waals surface area (Å²) in [4.78, 5) is 11.8. The summed E-state index contributed by atoms with van der Waals surface area (Å²) >= 11 is 0. The Morgan fingerprint density at radius 3 is 2.67 bits per heavy atom. The summed E-state index contributed by atoms with van der Waals surface area (Å²) in [6.45, 7) is 3.25. The van der Waals surface area contributed by atoms with Gasteiger partial charge in [0.2, 0.25) is 0 Å². The van der Waals surface area contributed by atoms with Gasteiger partial charge in [-0.1, -0.05) is 6.07 Å². The minimum atomic E-state index is -3.95. The van der Waals surface area contributed by atoms with E-state index in [1.807, 2.05) is 6.92 Å². The number of methoxy groups -OCH3 is 1. The van der Waals surface area contributed by atoms with Gasteiger partial charge in [-0.2, -0.15) is 0 Å². The lowest BCUT2D eigenvalue weighted by Crippen LogP contribution is -2.27. The van der Waals surface area contributed by atoms with Crippen LogP contribution in [0.3, 0.4) is 0 Å². The zero-order valence-electron chi connectivity index (χ0n) is 11.9. The molecule has 1 rings (SSSR count). The summed E-state index contributed by atoms with van der Waals surface area (Å²) in [5.74, 6) is -0.389. The summed E-state index contributed by atoms with van der Waals surface area (Å²) in [5, 5.41) is 2.63. The minimum Gasteiger partial charge on any atom is -0.380 e. The van der Waals surface area contributed by atoms with E-state index in [4.69, 9.17) is 20.2 Å². The zero-order valence-corrected chi connectivity index (χ0v) is 13.5. The average Bonchev–Trinajstić information content (AvgIpc) is 2.43. The molecule has 118 valence electrons. The van der Waals surface area contributed by atoms with Crippen molar-refractivity contribution in [1.82, 2.24) is 5.32 Å². The summed E-state index contributed by atoms with van der Waals surface area (Å²) in [6.07, 6.45) is 0. The van der Waals surface area contributed by atoms with Gasteiger partial charge in [0.25, 0.3) is 15.0 Å². The summed E-state index contributed by atoms with van der Waals surface area (Å²) in [7, 11) is 2.88. The normalized spacial score (nSPS) is 11.4. The molecule has 6 nitrogen and oxygen atoms in total. The molecule has 1 N–H and O–H groups in total. The fraction of sp³-hybridized carbons (Fsp3) is 0.462. The molecular formula is C13H18ClNO5S. The van der Waals surface area contributed by atoms with Crippen LogP contribution in [0.4, 0.5) is 0 Å². The second-order valence-corrected chi connectivity index (χ2v) is 6.68. The van der Waals surface area contributed by atoms with Gasteiger partial charge in [-0.3, -0.25) is 4.79 Å². The van der Waals surface area contributed by atoms with Crippen molar-refractivity contribution in [3.05, 3.63) is 29.3 Å².